The summed E-state index contributed by atoms with van der Waals surface area (Å²) in [5.41, 5.74) is 1.52. The molecule has 0 radical (unpaired) electrons. The van der Waals surface area contributed by atoms with E-state index in [4.69, 9.17) is 16.3 Å². The number of esters is 1. The maximum Gasteiger partial charge on any atom is 0.341 e. The van der Waals surface area contributed by atoms with Crippen LogP contribution in [0.2, 0.25) is 5.02 Å². The number of methoxy groups -OCH3 is 1. The van der Waals surface area contributed by atoms with Crippen molar-refractivity contribution in [3.8, 4) is 5.75 Å². The summed E-state index contributed by atoms with van der Waals surface area (Å²) in [5, 5.41) is 2.96. The van der Waals surface area contributed by atoms with Crippen molar-refractivity contribution < 1.29 is 19.1 Å². The molecule has 1 aliphatic rings. The number of halogens is 1. The lowest BCUT2D eigenvalue weighted by atomic mass is 10.1. The normalized spacial score (nSPS) is 12.6. The maximum absolute atomic E-state index is 11.6. The molecular weight excluding hydrogens is 258 g/mol. The molecule has 1 aromatic carbocycles. The molecule has 1 aromatic rings. The van der Waals surface area contributed by atoms with Gasteiger partial charge in [0.2, 0.25) is 5.91 Å². The van der Waals surface area contributed by atoms with Crippen LogP contribution in [0.5, 0.6) is 5.75 Å². The van der Waals surface area contributed by atoms with Crippen molar-refractivity contribution in [2.45, 2.75) is 13.3 Å². The minimum Gasteiger partial charge on any atom is -0.492 e. The molecular formula is C12H12ClNO4. The fraction of sp³-hybridized carbons (Fsp3) is 0.333. The predicted molar refractivity (Wildman–Crippen MR) is 66.3 cm³/mol. The van der Waals surface area contributed by atoms with E-state index in [2.05, 4.69) is 10.1 Å². The molecule has 0 saturated carbocycles. The van der Waals surface area contributed by atoms with Crippen LogP contribution in [0, 0.1) is 0 Å². The molecule has 0 aromatic heterocycles. The molecule has 1 amide bonds. The van der Waals surface area contributed by atoms with E-state index in [1.54, 1.807) is 0 Å². The van der Waals surface area contributed by atoms with E-state index in [0.29, 0.717) is 29.5 Å². The third-order valence-corrected chi connectivity index (χ3v) is 2.93. The van der Waals surface area contributed by atoms with Gasteiger partial charge in [0.25, 0.3) is 0 Å². The molecule has 2 rings (SSSR count). The van der Waals surface area contributed by atoms with Gasteiger partial charge in [-0.05, 0) is 6.07 Å². The van der Waals surface area contributed by atoms with E-state index in [0.717, 1.165) is 5.56 Å². The first-order chi connectivity index (χ1) is 8.54. The fourth-order valence-electron chi connectivity index (χ4n) is 1.92. The summed E-state index contributed by atoms with van der Waals surface area (Å²) in [6.45, 7) is 1.85. The number of benzene rings is 1. The van der Waals surface area contributed by atoms with Crippen molar-refractivity contribution >= 4 is 29.2 Å². The van der Waals surface area contributed by atoms with Gasteiger partial charge in [-0.15, -0.1) is 0 Å². The average molecular weight is 270 g/mol. The summed E-state index contributed by atoms with van der Waals surface area (Å²) >= 11 is 6.08. The molecule has 0 spiro atoms. The largest absolute Gasteiger partial charge is 0.492 e. The second kappa shape index (κ2) is 4.86. The van der Waals surface area contributed by atoms with Gasteiger partial charge in [-0.3, -0.25) is 4.79 Å². The third-order valence-electron chi connectivity index (χ3n) is 2.64. The number of nitrogens with one attached hydrogen (secondary N) is 1. The Kier molecular flexibility index (Phi) is 3.43. The monoisotopic (exact) mass is 269 g/mol. The van der Waals surface area contributed by atoms with Crippen LogP contribution < -0.4 is 10.1 Å². The lowest BCUT2D eigenvalue weighted by Crippen LogP contribution is -2.10. The van der Waals surface area contributed by atoms with Crippen molar-refractivity contribution in [3.63, 3.8) is 0 Å². The first-order valence-electron chi connectivity index (χ1n) is 5.38. The number of anilines is 1. The summed E-state index contributed by atoms with van der Waals surface area (Å²) in [6.07, 6.45) is 0.593. The molecule has 0 bridgehead atoms. The highest BCUT2D eigenvalue weighted by molar-refractivity contribution is 6.34. The van der Waals surface area contributed by atoms with Crippen molar-refractivity contribution in [3.05, 3.63) is 22.2 Å². The van der Waals surface area contributed by atoms with Gasteiger partial charge in [-0.2, -0.15) is 0 Å². The first kappa shape index (κ1) is 12.7. The first-order valence-corrected chi connectivity index (χ1v) is 5.76. The van der Waals surface area contributed by atoms with E-state index in [9.17, 15) is 9.59 Å². The Morgan fingerprint density at radius 2 is 2.22 bits per heavy atom. The number of hydrogen-bond donors (Lipinski definition) is 1. The number of amides is 1. The molecule has 0 fully saturated rings. The van der Waals surface area contributed by atoms with Gasteiger partial charge in [-0.25, -0.2) is 4.79 Å². The molecule has 1 N–H and O–H groups in total. The summed E-state index contributed by atoms with van der Waals surface area (Å²) in [5.74, 6) is -0.295. The average Bonchev–Trinajstić information content (AvgIpc) is 2.80. The van der Waals surface area contributed by atoms with E-state index in [1.807, 2.05) is 0 Å². The number of carbonyl (C=O) groups is 2. The van der Waals surface area contributed by atoms with Gasteiger partial charge < -0.3 is 14.8 Å². The molecule has 6 heteroatoms. The van der Waals surface area contributed by atoms with Crippen LogP contribution in [0.1, 0.15) is 22.8 Å². The molecule has 96 valence electrons. The Morgan fingerprint density at radius 1 is 1.50 bits per heavy atom. The quantitative estimate of drug-likeness (QED) is 0.834. The highest BCUT2D eigenvalue weighted by Crippen LogP contribution is 2.40. The summed E-state index contributed by atoms with van der Waals surface area (Å²) in [7, 11) is 1.29. The minimum absolute atomic E-state index is 0.225. The Morgan fingerprint density at radius 3 is 2.83 bits per heavy atom. The van der Waals surface area contributed by atoms with Crippen LogP contribution >= 0.6 is 11.6 Å². The van der Waals surface area contributed by atoms with Gasteiger partial charge in [0.15, 0.2) is 0 Å². The molecule has 18 heavy (non-hydrogen) atoms. The van der Waals surface area contributed by atoms with Crippen molar-refractivity contribution in [2.24, 2.45) is 0 Å². The number of rotatable bonds is 2. The van der Waals surface area contributed by atoms with E-state index in [-0.39, 0.29) is 11.5 Å². The molecule has 0 unspecified atom stereocenters. The van der Waals surface area contributed by atoms with Crippen LogP contribution in [0.3, 0.4) is 0 Å². The SMILES string of the molecule is COC(=O)c1cc(Cl)c(NC(C)=O)c2c1OCC2. The second-order valence-electron chi connectivity index (χ2n) is 3.86. The lowest BCUT2D eigenvalue weighted by Gasteiger charge is -2.13. The Hall–Kier alpha value is -1.75. The van der Waals surface area contributed by atoms with Gasteiger partial charge >= 0.3 is 5.97 Å². The second-order valence-corrected chi connectivity index (χ2v) is 4.27. The number of fused-ring (bicyclic) bond motifs is 1. The van der Waals surface area contributed by atoms with Crippen LogP contribution in [-0.2, 0) is 16.0 Å². The van der Waals surface area contributed by atoms with Crippen LogP contribution in [0.15, 0.2) is 6.07 Å². The smallest absolute Gasteiger partial charge is 0.341 e. The number of hydrogen-bond acceptors (Lipinski definition) is 4. The lowest BCUT2D eigenvalue weighted by molar-refractivity contribution is -0.114. The zero-order chi connectivity index (χ0) is 13.3. The van der Waals surface area contributed by atoms with E-state index >= 15 is 0 Å². The fourth-order valence-corrected chi connectivity index (χ4v) is 2.19. The standard InChI is InChI=1S/C12H12ClNO4/c1-6(15)14-10-7-3-4-18-11(7)8(5-9(10)13)12(16)17-2/h5H,3-4H2,1-2H3,(H,14,15). The highest BCUT2D eigenvalue weighted by atomic mass is 35.5. The number of ether oxygens (including phenoxy) is 2. The van der Waals surface area contributed by atoms with Gasteiger partial charge in [0.1, 0.15) is 11.3 Å². The van der Waals surface area contributed by atoms with Crippen molar-refractivity contribution in [1.29, 1.82) is 0 Å². The zero-order valence-corrected chi connectivity index (χ0v) is 10.8. The molecule has 5 nitrogen and oxygen atoms in total. The third kappa shape index (κ3) is 2.13. The Bertz CT molecular complexity index is 527. The minimum atomic E-state index is -0.510. The molecule has 1 aliphatic heterocycles. The number of carbonyl (C=O) groups excluding carboxylic acids is 2. The van der Waals surface area contributed by atoms with Crippen LogP contribution in [0.4, 0.5) is 5.69 Å². The van der Waals surface area contributed by atoms with Crippen LogP contribution in [-0.4, -0.2) is 25.6 Å². The Labute approximate surface area is 109 Å². The summed E-state index contributed by atoms with van der Waals surface area (Å²) in [6, 6.07) is 1.45. The van der Waals surface area contributed by atoms with Gasteiger partial charge in [-0.1, -0.05) is 11.6 Å². The summed E-state index contributed by atoms with van der Waals surface area (Å²) in [4.78, 5) is 22.7. The van der Waals surface area contributed by atoms with E-state index < -0.39 is 5.97 Å². The van der Waals surface area contributed by atoms with Crippen LogP contribution in [0.25, 0.3) is 0 Å². The molecule has 0 aliphatic carbocycles. The zero-order valence-electron chi connectivity index (χ0n) is 10.0. The topological polar surface area (TPSA) is 64.6 Å². The molecule has 0 saturated heterocycles. The molecule has 0 atom stereocenters. The highest BCUT2D eigenvalue weighted by Gasteiger charge is 2.27. The van der Waals surface area contributed by atoms with Gasteiger partial charge in [0.05, 0.1) is 24.4 Å². The molecule has 1 heterocycles. The van der Waals surface area contributed by atoms with E-state index in [1.165, 1.54) is 20.1 Å². The van der Waals surface area contributed by atoms with Gasteiger partial charge in [0, 0.05) is 18.9 Å². The predicted octanol–water partition coefficient (Wildman–Crippen LogP) is 2.02. The van der Waals surface area contributed by atoms with Crippen molar-refractivity contribution in [1.82, 2.24) is 0 Å². The summed E-state index contributed by atoms with van der Waals surface area (Å²) < 4.78 is 10.1. The Balaban J connectivity index is 2.56. The van der Waals surface area contributed by atoms with Crippen molar-refractivity contribution in [2.75, 3.05) is 19.0 Å². The maximum atomic E-state index is 11.6.